The summed E-state index contributed by atoms with van der Waals surface area (Å²) in [6.07, 6.45) is 0. The molecule has 1 aliphatic heterocycles. The molecule has 3 N–H and O–H groups in total. The first-order chi connectivity index (χ1) is 14.1. The van der Waals surface area contributed by atoms with Gasteiger partial charge >= 0.3 is 0 Å². The summed E-state index contributed by atoms with van der Waals surface area (Å²) in [7, 11) is 3.14. The normalized spacial score (nSPS) is 14.8. The van der Waals surface area contributed by atoms with Crippen molar-refractivity contribution in [3.05, 3.63) is 23.8 Å². The van der Waals surface area contributed by atoms with Gasteiger partial charge in [-0.25, -0.2) is 4.99 Å². The Morgan fingerprint density at radius 2 is 1.93 bits per heavy atom. The van der Waals surface area contributed by atoms with Crippen LogP contribution >= 0.6 is 24.0 Å². The fraction of sp³-hybridized carbons (Fsp3) is 0.600. The van der Waals surface area contributed by atoms with E-state index in [0.29, 0.717) is 32.0 Å². The second kappa shape index (κ2) is 14.3. The Bertz CT molecular complexity index is 681. The maximum Gasteiger partial charge on any atom is 0.234 e. The number of guanidine groups is 1. The van der Waals surface area contributed by atoms with Gasteiger partial charge in [-0.05, 0) is 24.6 Å². The number of aliphatic imine (C=N–C) groups is 1. The quantitative estimate of drug-likeness (QED) is 0.187. The van der Waals surface area contributed by atoms with E-state index in [0.717, 1.165) is 44.2 Å². The van der Waals surface area contributed by atoms with Crippen LogP contribution in [-0.2, 0) is 16.1 Å². The van der Waals surface area contributed by atoms with E-state index >= 15 is 0 Å². The van der Waals surface area contributed by atoms with Crippen molar-refractivity contribution >= 4 is 35.8 Å². The van der Waals surface area contributed by atoms with Crippen LogP contribution in [0.2, 0.25) is 0 Å². The molecule has 0 radical (unpaired) electrons. The molecule has 1 aliphatic rings. The summed E-state index contributed by atoms with van der Waals surface area (Å²) in [5, 5.41) is 16.1. The molecule has 1 heterocycles. The molecule has 1 fully saturated rings. The molecular formula is C20H34IN5O4. The van der Waals surface area contributed by atoms with Gasteiger partial charge in [0.15, 0.2) is 17.5 Å². The molecule has 30 heavy (non-hydrogen) atoms. The van der Waals surface area contributed by atoms with Gasteiger partial charge in [-0.15, -0.1) is 24.0 Å². The summed E-state index contributed by atoms with van der Waals surface area (Å²) in [5.41, 5.74) is 0.907. The number of carbonyl (C=O) groups is 1. The van der Waals surface area contributed by atoms with Crippen LogP contribution in [0.3, 0.4) is 0 Å². The number of methoxy groups -OCH3 is 2. The van der Waals surface area contributed by atoms with E-state index in [1.54, 1.807) is 19.2 Å². The number of carbonyl (C=O) groups excluding carboxylic acids is 1. The van der Waals surface area contributed by atoms with Crippen LogP contribution in [0.4, 0.5) is 0 Å². The second-order valence-corrected chi connectivity index (χ2v) is 6.78. The standard InChI is InChI=1S/C20H33N5O4.HI/c1-4-21-20(23-14-16-5-6-18(29-3)17(26)13-16)25-10-8-24(9-11-25)15-19(27)22-7-12-28-2;/h5-6,13,26H,4,7-12,14-15H2,1-3H3,(H,21,23)(H,22,27);1H. The summed E-state index contributed by atoms with van der Waals surface area (Å²) in [5.74, 6) is 1.43. The number of hydrogen-bond donors (Lipinski definition) is 3. The first kappa shape index (κ1) is 26.2. The number of benzene rings is 1. The predicted molar refractivity (Wildman–Crippen MR) is 128 cm³/mol. The van der Waals surface area contributed by atoms with Crippen LogP contribution in [0.1, 0.15) is 12.5 Å². The molecule has 0 saturated carbocycles. The van der Waals surface area contributed by atoms with E-state index in [1.807, 2.05) is 13.0 Å². The zero-order valence-electron chi connectivity index (χ0n) is 18.0. The highest BCUT2D eigenvalue weighted by atomic mass is 127. The third-order valence-electron chi connectivity index (χ3n) is 4.66. The van der Waals surface area contributed by atoms with Gasteiger partial charge in [0.2, 0.25) is 5.91 Å². The van der Waals surface area contributed by atoms with E-state index in [4.69, 9.17) is 14.5 Å². The van der Waals surface area contributed by atoms with Crippen molar-refractivity contribution in [1.82, 2.24) is 20.4 Å². The van der Waals surface area contributed by atoms with E-state index in [-0.39, 0.29) is 35.6 Å². The maximum atomic E-state index is 11.9. The Labute approximate surface area is 195 Å². The van der Waals surface area contributed by atoms with Crippen LogP contribution in [-0.4, -0.2) is 93.4 Å². The molecule has 0 bridgehead atoms. The van der Waals surface area contributed by atoms with Gasteiger partial charge in [0.25, 0.3) is 0 Å². The summed E-state index contributed by atoms with van der Waals surface area (Å²) in [6, 6.07) is 5.31. The van der Waals surface area contributed by atoms with Gasteiger partial charge in [-0.1, -0.05) is 6.07 Å². The molecule has 1 aromatic carbocycles. The molecule has 0 spiro atoms. The third kappa shape index (κ3) is 8.52. The fourth-order valence-electron chi connectivity index (χ4n) is 3.10. The number of aromatic hydroxyl groups is 1. The zero-order valence-corrected chi connectivity index (χ0v) is 20.3. The lowest BCUT2D eigenvalue weighted by Crippen LogP contribution is -2.54. The lowest BCUT2D eigenvalue weighted by Gasteiger charge is -2.36. The number of amides is 1. The van der Waals surface area contributed by atoms with Gasteiger partial charge < -0.3 is 30.1 Å². The van der Waals surface area contributed by atoms with Crippen LogP contribution in [0.15, 0.2) is 23.2 Å². The first-order valence-electron chi connectivity index (χ1n) is 9.94. The number of phenolic OH excluding ortho intramolecular Hbond substituents is 1. The van der Waals surface area contributed by atoms with Crippen molar-refractivity contribution in [2.75, 3.05) is 66.6 Å². The number of phenols is 1. The first-order valence-corrected chi connectivity index (χ1v) is 9.94. The van der Waals surface area contributed by atoms with Crippen molar-refractivity contribution in [2.24, 2.45) is 4.99 Å². The minimum atomic E-state index is 0. The number of ether oxygens (including phenoxy) is 2. The number of hydrogen-bond acceptors (Lipinski definition) is 6. The van der Waals surface area contributed by atoms with Crippen molar-refractivity contribution < 1.29 is 19.4 Å². The predicted octanol–water partition coefficient (Wildman–Crippen LogP) is 0.865. The number of nitrogens with zero attached hydrogens (tertiary/aromatic N) is 3. The van der Waals surface area contributed by atoms with Gasteiger partial charge in [0, 0.05) is 46.4 Å². The molecule has 0 unspecified atom stereocenters. The monoisotopic (exact) mass is 535 g/mol. The Morgan fingerprint density at radius 3 is 2.53 bits per heavy atom. The maximum absolute atomic E-state index is 11.9. The van der Waals surface area contributed by atoms with Gasteiger partial charge in [0.05, 0.1) is 26.8 Å². The Hall–Kier alpha value is -1.79. The molecule has 170 valence electrons. The lowest BCUT2D eigenvalue weighted by molar-refractivity contribution is -0.122. The van der Waals surface area contributed by atoms with Crippen molar-refractivity contribution in [1.29, 1.82) is 0 Å². The van der Waals surface area contributed by atoms with E-state index in [2.05, 4.69) is 20.4 Å². The molecule has 2 rings (SSSR count). The lowest BCUT2D eigenvalue weighted by atomic mass is 10.2. The summed E-state index contributed by atoms with van der Waals surface area (Å²) in [6.45, 7) is 7.91. The number of nitrogens with one attached hydrogen (secondary N) is 2. The SMILES string of the molecule is CCNC(=NCc1ccc(OC)c(O)c1)N1CCN(CC(=O)NCCOC)CC1.I. The third-order valence-corrected chi connectivity index (χ3v) is 4.66. The average molecular weight is 535 g/mol. The fourth-order valence-corrected chi connectivity index (χ4v) is 3.10. The van der Waals surface area contributed by atoms with Crippen LogP contribution in [0, 0.1) is 0 Å². The van der Waals surface area contributed by atoms with Crippen molar-refractivity contribution in [3.8, 4) is 11.5 Å². The molecule has 1 amide bonds. The summed E-state index contributed by atoms with van der Waals surface area (Å²) >= 11 is 0. The summed E-state index contributed by atoms with van der Waals surface area (Å²) in [4.78, 5) is 21.0. The van der Waals surface area contributed by atoms with Crippen LogP contribution in [0.25, 0.3) is 0 Å². The smallest absolute Gasteiger partial charge is 0.234 e. The molecule has 0 atom stereocenters. The zero-order chi connectivity index (χ0) is 21.1. The largest absolute Gasteiger partial charge is 0.504 e. The van der Waals surface area contributed by atoms with Gasteiger partial charge in [0.1, 0.15) is 0 Å². The topological polar surface area (TPSA) is 98.7 Å². The van der Waals surface area contributed by atoms with Gasteiger partial charge in [-0.3, -0.25) is 9.69 Å². The molecule has 9 nitrogen and oxygen atoms in total. The molecular weight excluding hydrogens is 501 g/mol. The van der Waals surface area contributed by atoms with Crippen LogP contribution in [0.5, 0.6) is 11.5 Å². The van der Waals surface area contributed by atoms with E-state index in [1.165, 1.54) is 7.11 Å². The van der Waals surface area contributed by atoms with Gasteiger partial charge in [-0.2, -0.15) is 0 Å². The van der Waals surface area contributed by atoms with E-state index in [9.17, 15) is 9.90 Å². The Kier molecular flexibility index (Phi) is 12.5. The molecule has 0 aromatic heterocycles. The number of rotatable bonds is 9. The number of halogens is 1. The van der Waals surface area contributed by atoms with Crippen molar-refractivity contribution in [3.63, 3.8) is 0 Å². The highest BCUT2D eigenvalue weighted by Gasteiger charge is 2.21. The van der Waals surface area contributed by atoms with E-state index < -0.39 is 0 Å². The van der Waals surface area contributed by atoms with Crippen molar-refractivity contribution in [2.45, 2.75) is 13.5 Å². The molecule has 0 aliphatic carbocycles. The minimum absolute atomic E-state index is 0. The molecule has 10 heteroatoms. The van der Waals surface area contributed by atoms with Crippen LogP contribution < -0.4 is 15.4 Å². The highest BCUT2D eigenvalue weighted by Crippen LogP contribution is 2.26. The highest BCUT2D eigenvalue weighted by molar-refractivity contribution is 14.0. The average Bonchev–Trinajstić information content (AvgIpc) is 2.72. The number of piperazine rings is 1. The molecule has 1 aromatic rings. The molecule has 1 saturated heterocycles. The summed E-state index contributed by atoms with van der Waals surface area (Å²) < 4.78 is 10.0. The Morgan fingerprint density at radius 1 is 1.20 bits per heavy atom. The Balaban J connectivity index is 0.00000450. The minimum Gasteiger partial charge on any atom is -0.504 e. The second-order valence-electron chi connectivity index (χ2n) is 6.78.